The van der Waals surface area contributed by atoms with E-state index in [2.05, 4.69) is 45.0 Å². The lowest BCUT2D eigenvalue weighted by Crippen LogP contribution is -2.36. The highest BCUT2D eigenvalue weighted by molar-refractivity contribution is 6.38. The molecule has 0 bridgehead atoms. The van der Waals surface area contributed by atoms with Gasteiger partial charge in [0.25, 0.3) is 0 Å². The first-order valence-corrected chi connectivity index (χ1v) is 10.8. The molecule has 4 rings (SSSR count). The van der Waals surface area contributed by atoms with Crippen LogP contribution in [0.2, 0.25) is 10.0 Å². The summed E-state index contributed by atoms with van der Waals surface area (Å²) in [6.45, 7) is 10.5. The second kappa shape index (κ2) is 7.14. The van der Waals surface area contributed by atoms with Crippen LogP contribution in [0, 0.1) is 6.92 Å². The zero-order valence-electron chi connectivity index (χ0n) is 17.9. The normalized spacial score (nSPS) is 18.6. The van der Waals surface area contributed by atoms with Gasteiger partial charge in [0.15, 0.2) is 0 Å². The van der Waals surface area contributed by atoms with Crippen molar-refractivity contribution in [3.8, 4) is 0 Å². The Hall–Kier alpha value is -2.29. The van der Waals surface area contributed by atoms with E-state index in [0.717, 1.165) is 22.4 Å². The number of hydrogen-bond acceptors (Lipinski definition) is 1. The lowest BCUT2D eigenvalue weighted by Gasteiger charge is -2.27. The van der Waals surface area contributed by atoms with Crippen LogP contribution in [0.5, 0.6) is 0 Å². The van der Waals surface area contributed by atoms with Gasteiger partial charge in [-0.1, -0.05) is 80.4 Å². The minimum Gasteiger partial charge on any atom is -0.278 e. The Labute approximate surface area is 188 Å². The van der Waals surface area contributed by atoms with Crippen LogP contribution in [0.15, 0.2) is 60.7 Å². The number of fused-ring (bicyclic) bond motifs is 1. The quantitative estimate of drug-likeness (QED) is 0.404. The largest absolute Gasteiger partial charge is 0.278 e. The molecule has 3 aromatic carbocycles. The van der Waals surface area contributed by atoms with Crippen molar-refractivity contribution in [3.63, 3.8) is 0 Å². The number of nitrogens with zero attached hydrogens (tertiary/aromatic N) is 1. The number of carbonyl (C=O) groups is 1. The molecule has 0 radical (unpaired) electrons. The summed E-state index contributed by atoms with van der Waals surface area (Å²) in [6, 6.07) is 19.8. The summed E-state index contributed by atoms with van der Waals surface area (Å²) < 4.78 is 0. The van der Waals surface area contributed by atoms with E-state index in [9.17, 15) is 4.79 Å². The zero-order valence-corrected chi connectivity index (χ0v) is 19.4. The third-order valence-electron chi connectivity index (χ3n) is 6.01. The molecular weight excluding hydrogens is 413 g/mol. The molecule has 154 valence electrons. The first kappa shape index (κ1) is 21.0. The fourth-order valence-corrected chi connectivity index (χ4v) is 4.79. The lowest BCUT2D eigenvalue weighted by molar-refractivity contribution is -0.120. The maximum Gasteiger partial charge on any atom is 0.246 e. The molecule has 1 aliphatic heterocycles. The van der Waals surface area contributed by atoms with Crippen molar-refractivity contribution < 1.29 is 4.79 Å². The van der Waals surface area contributed by atoms with Gasteiger partial charge in [0.05, 0.1) is 16.1 Å². The third-order valence-corrected chi connectivity index (χ3v) is 6.52. The number of rotatable bonds is 2. The van der Waals surface area contributed by atoms with Crippen molar-refractivity contribution in [1.29, 1.82) is 0 Å². The van der Waals surface area contributed by atoms with Gasteiger partial charge in [-0.05, 0) is 65.8 Å². The molecule has 4 heteroatoms. The van der Waals surface area contributed by atoms with E-state index in [1.54, 1.807) is 11.0 Å². The number of halogens is 2. The summed E-state index contributed by atoms with van der Waals surface area (Å²) in [5.74, 6) is -0.0317. The molecule has 0 fully saturated rings. The molecule has 0 aromatic heterocycles. The molecule has 0 saturated carbocycles. The molecule has 1 atom stereocenters. The molecule has 1 aliphatic rings. The van der Waals surface area contributed by atoms with Gasteiger partial charge in [-0.15, -0.1) is 0 Å². The van der Waals surface area contributed by atoms with Gasteiger partial charge in [0, 0.05) is 10.7 Å². The second-order valence-corrected chi connectivity index (χ2v) is 10.1. The second-order valence-electron chi connectivity index (χ2n) is 9.22. The fourth-order valence-electron chi connectivity index (χ4n) is 4.21. The van der Waals surface area contributed by atoms with Crippen LogP contribution in [-0.2, 0) is 15.6 Å². The van der Waals surface area contributed by atoms with Crippen LogP contribution in [0.25, 0.3) is 0 Å². The highest BCUT2D eigenvalue weighted by Crippen LogP contribution is 2.52. The molecule has 0 saturated heterocycles. The van der Waals surface area contributed by atoms with Crippen LogP contribution in [-0.4, -0.2) is 5.91 Å². The lowest BCUT2D eigenvalue weighted by atomic mass is 9.76. The monoisotopic (exact) mass is 437 g/mol. The van der Waals surface area contributed by atoms with Gasteiger partial charge in [-0.3, -0.25) is 9.69 Å². The van der Waals surface area contributed by atoms with Gasteiger partial charge in [0.2, 0.25) is 5.91 Å². The summed E-state index contributed by atoms with van der Waals surface area (Å²) in [6.07, 6.45) is 0. The molecular formula is C26H25Cl2NO. The first-order valence-electron chi connectivity index (χ1n) is 10.1. The van der Waals surface area contributed by atoms with Gasteiger partial charge in [-0.2, -0.15) is 0 Å². The van der Waals surface area contributed by atoms with Gasteiger partial charge in [-0.25, -0.2) is 0 Å². The minimum atomic E-state index is -0.885. The molecule has 0 spiro atoms. The smallest absolute Gasteiger partial charge is 0.246 e. The van der Waals surface area contributed by atoms with Crippen LogP contribution >= 0.6 is 23.2 Å². The molecule has 0 aliphatic carbocycles. The standard InChI is InChI=1S/C26H25Cl2NO/c1-16-7-6-8-20(13-16)29-23-21(14-19(27)15-22(23)28)26(5,24(29)30)18-11-9-17(10-12-18)25(2,3)4/h6-15H,1-5H3. The summed E-state index contributed by atoms with van der Waals surface area (Å²) in [5.41, 5.74) is 4.72. The first-order chi connectivity index (χ1) is 14.0. The summed E-state index contributed by atoms with van der Waals surface area (Å²) >= 11 is 13.0. The van der Waals surface area contributed by atoms with E-state index < -0.39 is 5.41 Å². The SMILES string of the molecule is Cc1cccc(N2C(=O)C(C)(c3ccc(C(C)(C)C)cc3)c3cc(Cl)cc(Cl)c32)c1. The van der Waals surface area contributed by atoms with Crippen molar-refractivity contribution >= 4 is 40.5 Å². The van der Waals surface area contributed by atoms with Crippen LogP contribution in [0.4, 0.5) is 11.4 Å². The van der Waals surface area contributed by atoms with E-state index in [0.29, 0.717) is 15.7 Å². The molecule has 0 N–H and O–H groups in total. The number of benzene rings is 3. The van der Waals surface area contributed by atoms with E-state index in [1.165, 1.54) is 5.56 Å². The highest BCUT2D eigenvalue weighted by atomic mass is 35.5. The third kappa shape index (κ3) is 3.23. The van der Waals surface area contributed by atoms with E-state index in [4.69, 9.17) is 23.2 Å². The van der Waals surface area contributed by atoms with Crippen LogP contribution in [0.3, 0.4) is 0 Å². The number of carbonyl (C=O) groups excluding carboxylic acids is 1. The molecule has 1 unspecified atom stereocenters. The van der Waals surface area contributed by atoms with Gasteiger partial charge >= 0.3 is 0 Å². The number of hydrogen-bond donors (Lipinski definition) is 0. The van der Waals surface area contributed by atoms with Crippen molar-refractivity contribution in [2.75, 3.05) is 4.90 Å². The fraction of sp³-hybridized carbons (Fsp3) is 0.269. The van der Waals surface area contributed by atoms with E-state index in [-0.39, 0.29) is 11.3 Å². The zero-order chi connectivity index (χ0) is 21.8. The average Bonchev–Trinajstić information content (AvgIpc) is 2.90. The number of anilines is 2. The van der Waals surface area contributed by atoms with Crippen molar-refractivity contribution in [1.82, 2.24) is 0 Å². The van der Waals surface area contributed by atoms with Crippen LogP contribution < -0.4 is 4.90 Å². The Kier molecular flexibility index (Phi) is 4.99. The molecule has 3 aromatic rings. The van der Waals surface area contributed by atoms with Crippen molar-refractivity contribution in [3.05, 3.63) is 93.0 Å². The van der Waals surface area contributed by atoms with Crippen molar-refractivity contribution in [2.24, 2.45) is 0 Å². The van der Waals surface area contributed by atoms with Gasteiger partial charge in [0.1, 0.15) is 0 Å². The summed E-state index contributed by atoms with van der Waals surface area (Å²) in [5, 5.41) is 0.998. The van der Waals surface area contributed by atoms with Gasteiger partial charge < -0.3 is 0 Å². The highest BCUT2D eigenvalue weighted by Gasteiger charge is 2.50. The maximum absolute atomic E-state index is 14.0. The molecule has 2 nitrogen and oxygen atoms in total. The maximum atomic E-state index is 14.0. The van der Waals surface area contributed by atoms with E-state index >= 15 is 0 Å². The Morgan fingerprint density at radius 1 is 0.933 bits per heavy atom. The molecule has 1 heterocycles. The minimum absolute atomic E-state index is 0.0317. The van der Waals surface area contributed by atoms with Crippen molar-refractivity contribution in [2.45, 2.75) is 45.4 Å². The molecule has 1 amide bonds. The predicted octanol–water partition coefficient (Wildman–Crippen LogP) is 7.58. The number of aryl methyl sites for hydroxylation is 1. The molecule has 30 heavy (non-hydrogen) atoms. The predicted molar refractivity (Wildman–Crippen MR) is 126 cm³/mol. The Morgan fingerprint density at radius 2 is 1.60 bits per heavy atom. The summed E-state index contributed by atoms with van der Waals surface area (Å²) in [7, 11) is 0. The topological polar surface area (TPSA) is 20.3 Å². The number of amides is 1. The summed E-state index contributed by atoms with van der Waals surface area (Å²) in [4.78, 5) is 15.7. The Balaban J connectivity index is 1.95. The Morgan fingerprint density at radius 3 is 2.20 bits per heavy atom. The Bertz CT molecular complexity index is 1140. The van der Waals surface area contributed by atoms with Crippen LogP contribution in [0.1, 0.15) is 49.9 Å². The average molecular weight is 438 g/mol. The van der Waals surface area contributed by atoms with E-state index in [1.807, 2.05) is 44.2 Å².